The molecule has 110 valence electrons. The van der Waals surface area contributed by atoms with E-state index >= 15 is 0 Å². The lowest BCUT2D eigenvalue weighted by Crippen LogP contribution is -2.44. The number of nitrogens with one attached hydrogen (secondary N) is 1. The maximum atomic E-state index is 4.44. The van der Waals surface area contributed by atoms with E-state index in [4.69, 9.17) is 0 Å². The highest BCUT2D eigenvalue weighted by Crippen LogP contribution is 2.30. The molecule has 0 unspecified atom stereocenters. The Morgan fingerprint density at radius 2 is 1.79 bits per heavy atom. The second-order valence-corrected chi connectivity index (χ2v) is 6.48. The Morgan fingerprint density at radius 1 is 1.16 bits per heavy atom. The molecule has 0 aliphatic rings. The van der Waals surface area contributed by atoms with Crippen molar-refractivity contribution in [1.82, 2.24) is 20.1 Å². The first kappa shape index (κ1) is 16.2. The Balaban J connectivity index is 2.81. The van der Waals surface area contributed by atoms with Gasteiger partial charge in [-0.1, -0.05) is 13.8 Å². The van der Waals surface area contributed by atoms with E-state index < -0.39 is 0 Å². The standard InChI is InChI=1S/C15H30N4/c1-7-15(8-2,11-17-14(4,5)6)10-13-16-12-18-19(13)9-3/h12,17H,7-11H2,1-6H3. The quantitative estimate of drug-likeness (QED) is 0.825. The molecule has 1 N–H and O–H groups in total. The molecule has 0 atom stereocenters. The minimum atomic E-state index is 0.161. The summed E-state index contributed by atoms with van der Waals surface area (Å²) in [6.45, 7) is 15.3. The van der Waals surface area contributed by atoms with Crippen molar-refractivity contribution in [3.05, 3.63) is 12.2 Å². The Morgan fingerprint density at radius 3 is 2.26 bits per heavy atom. The molecule has 0 aliphatic heterocycles. The molecular formula is C15H30N4. The van der Waals surface area contributed by atoms with E-state index in [0.717, 1.165) is 38.2 Å². The number of nitrogens with zero attached hydrogens (tertiary/aromatic N) is 3. The average Bonchev–Trinajstić information content (AvgIpc) is 2.80. The summed E-state index contributed by atoms with van der Waals surface area (Å²) < 4.78 is 2.01. The maximum absolute atomic E-state index is 4.44. The normalized spacial score (nSPS) is 12.9. The topological polar surface area (TPSA) is 42.7 Å². The molecule has 0 saturated heterocycles. The molecule has 1 rings (SSSR count). The molecule has 1 aromatic rings. The fourth-order valence-electron chi connectivity index (χ4n) is 2.29. The number of rotatable bonds is 7. The van der Waals surface area contributed by atoms with Crippen LogP contribution in [-0.4, -0.2) is 26.8 Å². The van der Waals surface area contributed by atoms with Crippen LogP contribution in [0.4, 0.5) is 0 Å². The minimum absolute atomic E-state index is 0.161. The second-order valence-electron chi connectivity index (χ2n) is 6.48. The summed E-state index contributed by atoms with van der Waals surface area (Å²) in [4.78, 5) is 4.44. The summed E-state index contributed by atoms with van der Waals surface area (Å²) in [5.74, 6) is 1.11. The van der Waals surface area contributed by atoms with Crippen LogP contribution in [0.5, 0.6) is 0 Å². The van der Waals surface area contributed by atoms with Crippen LogP contribution < -0.4 is 5.32 Å². The lowest BCUT2D eigenvalue weighted by molar-refractivity contribution is 0.213. The van der Waals surface area contributed by atoms with E-state index in [1.54, 1.807) is 6.33 Å². The van der Waals surface area contributed by atoms with Gasteiger partial charge < -0.3 is 5.32 Å². The van der Waals surface area contributed by atoms with Gasteiger partial charge in [0.25, 0.3) is 0 Å². The van der Waals surface area contributed by atoms with Gasteiger partial charge in [0.15, 0.2) is 0 Å². The van der Waals surface area contributed by atoms with Gasteiger partial charge in [-0.2, -0.15) is 5.10 Å². The van der Waals surface area contributed by atoms with Crippen LogP contribution in [0, 0.1) is 5.41 Å². The highest BCUT2D eigenvalue weighted by Gasteiger charge is 2.29. The summed E-state index contributed by atoms with van der Waals surface area (Å²) in [6, 6.07) is 0. The van der Waals surface area contributed by atoms with Crippen LogP contribution in [0.1, 0.15) is 60.2 Å². The van der Waals surface area contributed by atoms with Gasteiger partial charge in [-0.15, -0.1) is 0 Å². The molecule has 0 spiro atoms. The van der Waals surface area contributed by atoms with Crippen molar-refractivity contribution in [2.45, 2.75) is 72.9 Å². The van der Waals surface area contributed by atoms with Crippen molar-refractivity contribution in [1.29, 1.82) is 0 Å². The van der Waals surface area contributed by atoms with Gasteiger partial charge in [0, 0.05) is 25.0 Å². The molecular weight excluding hydrogens is 236 g/mol. The Bertz CT molecular complexity index is 372. The van der Waals surface area contributed by atoms with E-state index in [-0.39, 0.29) is 11.0 Å². The van der Waals surface area contributed by atoms with Crippen molar-refractivity contribution < 1.29 is 0 Å². The molecule has 0 aromatic carbocycles. The van der Waals surface area contributed by atoms with Gasteiger partial charge in [-0.05, 0) is 46.0 Å². The molecule has 0 radical (unpaired) electrons. The van der Waals surface area contributed by atoms with E-state index in [2.05, 4.69) is 56.9 Å². The summed E-state index contributed by atoms with van der Waals surface area (Å²) in [6.07, 6.45) is 4.98. The van der Waals surface area contributed by atoms with Gasteiger partial charge in [-0.3, -0.25) is 4.68 Å². The Kier molecular flexibility index (Phi) is 5.53. The fourth-order valence-corrected chi connectivity index (χ4v) is 2.29. The van der Waals surface area contributed by atoms with Crippen LogP contribution in [0.2, 0.25) is 0 Å². The molecule has 19 heavy (non-hydrogen) atoms. The van der Waals surface area contributed by atoms with Crippen molar-refractivity contribution in [2.24, 2.45) is 5.41 Å². The average molecular weight is 266 g/mol. The minimum Gasteiger partial charge on any atom is -0.312 e. The van der Waals surface area contributed by atoms with Crippen LogP contribution in [0.3, 0.4) is 0 Å². The largest absolute Gasteiger partial charge is 0.312 e. The first-order chi connectivity index (χ1) is 8.86. The van der Waals surface area contributed by atoms with Gasteiger partial charge in [0.1, 0.15) is 12.2 Å². The second kappa shape index (κ2) is 6.51. The highest BCUT2D eigenvalue weighted by molar-refractivity contribution is 4.95. The number of hydrogen-bond acceptors (Lipinski definition) is 3. The summed E-state index contributed by atoms with van der Waals surface area (Å²) >= 11 is 0. The molecule has 0 saturated carbocycles. The lowest BCUT2D eigenvalue weighted by Gasteiger charge is -2.35. The van der Waals surface area contributed by atoms with E-state index in [9.17, 15) is 0 Å². The monoisotopic (exact) mass is 266 g/mol. The first-order valence-electron chi connectivity index (χ1n) is 7.47. The zero-order valence-corrected chi connectivity index (χ0v) is 13.5. The molecule has 0 bridgehead atoms. The SMILES string of the molecule is CCn1ncnc1CC(CC)(CC)CNC(C)(C)C. The lowest BCUT2D eigenvalue weighted by atomic mass is 9.78. The molecule has 0 amide bonds. The van der Waals surface area contributed by atoms with Crippen LogP contribution >= 0.6 is 0 Å². The smallest absolute Gasteiger partial charge is 0.138 e. The first-order valence-corrected chi connectivity index (χ1v) is 7.47. The molecule has 0 aliphatic carbocycles. The zero-order valence-electron chi connectivity index (χ0n) is 13.5. The van der Waals surface area contributed by atoms with Crippen molar-refractivity contribution in [2.75, 3.05) is 6.54 Å². The predicted octanol–water partition coefficient (Wildman–Crippen LogP) is 3.04. The van der Waals surface area contributed by atoms with Crippen LogP contribution in [-0.2, 0) is 13.0 Å². The fraction of sp³-hybridized carbons (Fsp3) is 0.867. The summed E-state index contributed by atoms with van der Waals surface area (Å²) in [5, 5.41) is 7.94. The van der Waals surface area contributed by atoms with Crippen LogP contribution in [0.15, 0.2) is 6.33 Å². The number of aromatic nitrogens is 3. The van der Waals surface area contributed by atoms with Crippen LogP contribution in [0.25, 0.3) is 0 Å². The predicted molar refractivity (Wildman–Crippen MR) is 80.2 cm³/mol. The van der Waals surface area contributed by atoms with Gasteiger partial charge >= 0.3 is 0 Å². The molecule has 1 heterocycles. The Hall–Kier alpha value is -0.900. The molecule has 4 nitrogen and oxygen atoms in total. The van der Waals surface area contributed by atoms with Crippen molar-refractivity contribution in [3.8, 4) is 0 Å². The van der Waals surface area contributed by atoms with E-state index in [1.807, 2.05) is 4.68 Å². The van der Waals surface area contributed by atoms with E-state index in [1.165, 1.54) is 0 Å². The maximum Gasteiger partial charge on any atom is 0.138 e. The number of aryl methyl sites for hydroxylation is 1. The van der Waals surface area contributed by atoms with Crippen molar-refractivity contribution >= 4 is 0 Å². The molecule has 4 heteroatoms. The van der Waals surface area contributed by atoms with Gasteiger partial charge in [0.05, 0.1) is 0 Å². The summed E-state index contributed by atoms with van der Waals surface area (Å²) in [7, 11) is 0. The zero-order chi connectivity index (χ0) is 14.5. The van der Waals surface area contributed by atoms with E-state index in [0.29, 0.717) is 0 Å². The summed E-state index contributed by atoms with van der Waals surface area (Å²) in [5.41, 5.74) is 0.432. The molecule has 1 aromatic heterocycles. The number of hydrogen-bond donors (Lipinski definition) is 1. The third kappa shape index (κ3) is 4.60. The highest BCUT2D eigenvalue weighted by atomic mass is 15.3. The Labute approximate surface area is 118 Å². The third-order valence-corrected chi connectivity index (χ3v) is 4.02. The van der Waals surface area contributed by atoms with Gasteiger partial charge in [0.2, 0.25) is 0 Å². The van der Waals surface area contributed by atoms with Gasteiger partial charge in [-0.25, -0.2) is 4.98 Å². The molecule has 0 fully saturated rings. The van der Waals surface area contributed by atoms with Crippen molar-refractivity contribution in [3.63, 3.8) is 0 Å². The third-order valence-electron chi connectivity index (χ3n) is 4.02.